The smallest absolute Gasteiger partial charge is 0.160 e. The van der Waals surface area contributed by atoms with E-state index in [-0.39, 0.29) is 5.78 Å². The third-order valence-electron chi connectivity index (χ3n) is 1.25. The van der Waals surface area contributed by atoms with E-state index in [0.717, 1.165) is 10.0 Å². The first-order valence-electron chi connectivity index (χ1n) is 2.97. The van der Waals surface area contributed by atoms with Crippen molar-refractivity contribution in [2.45, 2.75) is 6.92 Å². The first-order chi connectivity index (χ1) is 4.72. The van der Waals surface area contributed by atoms with Crippen molar-refractivity contribution in [3.8, 4) is 0 Å². The van der Waals surface area contributed by atoms with Gasteiger partial charge in [-0.1, -0.05) is 34.1 Å². The largest absolute Gasteiger partial charge is 0.294 e. The molecule has 0 aromatic heterocycles. The Hall–Kier alpha value is -0.630. The molecule has 1 rings (SSSR count). The van der Waals surface area contributed by atoms with Crippen molar-refractivity contribution in [2.75, 3.05) is 0 Å². The maximum Gasteiger partial charge on any atom is 0.160 e. The third kappa shape index (κ3) is 1.45. The molecular formula is C8H7BrO. The summed E-state index contributed by atoms with van der Waals surface area (Å²) in [5.41, 5.74) is 0.738. The van der Waals surface area contributed by atoms with Crippen molar-refractivity contribution in [1.29, 1.82) is 0 Å². The lowest BCUT2D eigenvalue weighted by Gasteiger charge is -1.96. The Kier molecular flexibility index (Phi) is 2.22. The van der Waals surface area contributed by atoms with E-state index in [0.29, 0.717) is 0 Å². The van der Waals surface area contributed by atoms with E-state index in [4.69, 9.17) is 0 Å². The molecule has 1 aromatic carbocycles. The molecule has 0 aliphatic carbocycles. The van der Waals surface area contributed by atoms with Crippen molar-refractivity contribution in [1.82, 2.24) is 0 Å². The van der Waals surface area contributed by atoms with Gasteiger partial charge in [-0.2, -0.15) is 0 Å². The molecule has 0 saturated heterocycles. The van der Waals surface area contributed by atoms with Gasteiger partial charge in [-0.15, -0.1) is 0 Å². The molecule has 0 atom stereocenters. The van der Waals surface area contributed by atoms with Crippen molar-refractivity contribution >= 4 is 21.7 Å². The molecule has 0 amide bonds. The summed E-state index contributed by atoms with van der Waals surface area (Å²) in [6.07, 6.45) is 0. The number of benzene rings is 1. The number of hydrogen-bond acceptors (Lipinski definition) is 1. The van der Waals surface area contributed by atoms with Crippen LogP contribution in [0.5, 0.6) is 0 Å². The summed E-state index contributed by atoms with van der Waals surface area (Å²) in [5.74, 6) is 0.0903. The molecular weight excluding hydrogens is 194 g/mol. The van der Waals surface area contributed by atoms with Crippen LogP contribution in [0.3, 0.4) is 0 Å². The van der Waals surface area contributed by atoms with E-state index >= 15 is 0 Å². The number of ketones is 1. The fourth-order valence-corrected chi connectivity index (χ4v) is 1.31. The molecule has 0 radical (unpaired) electrons. The number of Topliss-reactive ketones (excluding diaryl/α,β-unsaturated/α-hetero) is 1. The molecule has 52 valence electrons. The molecule has 2 heteroatoms. The first kappa shape index (κ1) is 7.48. The van der Waals surface area contributed by atoms with Gasteiger partial charge in [0.05, 0.1) is 0 Å². The Labute approximate surface area is 68.2 Å². The zero-order valence-corrected chi connectivity index (χ0v) is 7.18. The first-order valence-corrected chi connectivity index (χ1v) is 3.76. The minimum absolute atomic E-state index is 0.0903. The van der Waals surface area contributed by atoms with Crippen molar-refractivity contribution in [3.05, 3.63) is 34.3 Å². The number of rotatable bonds is 1. The van der Waals surface area contributed by atoms with Crippen LogP contribution in [0.2, 0.25) is 0 Å². The number of hydrogen-bond donors (Lipinski definition) is 0. The van der Waals surface area contributed by atoms with Gasteiger partial charge in [0, 0.05) is 10.0 Å². The van der Waals surface area contributed by atoms with E-state index in [1.165, 1.54) is 0 Å². The van der Waals surface area contributed by atoms with Crippen LogP contribution >= 0.6 is 15.9 Å². The second-order valence-corrected chi connectivity index (χ2v) is 2.89. The summed E-state index contributed by atoms with van der Waals surface area (Å²) in [6.45, 7) is 1.56. The Balaban J connectivity index is 3.15. The molecule has 0 aliphatic rings. The lowest BCUT2D eigenvalue weighted by molar-refractivity contribution is 0.101. The quantitative estimate of drug-likeness (QED) is 0.638. The van der Waals surface area contributed by atoms with Crippen LogP contribution in [0.15, 0.2) is 28.7 Å². The minimum Gasteiger partial charge on any atom is -0.294 e. The van der Waals surface area contributed by atoms with Crippen molar-refractivity contribution in [2.24, 2.45) is 0 Å². The average molecular weight is 201 g/mol. The average Bonchev–Trinajstić information content (AvgIpc) is 1.88. The maximum atomic E-state index is 10.8. The molecule has 0 fully saturated rings. The molecule has 0 unspecified atom stereocenters. The van der Waals surface area contributed by atoms with Crippen LogP contribution < -0.4 is 0 Å². The van der Waals surface area contributed by atoms with Crippen LogP contribution in [-0.4, -0.2) is 5.78 Å². The second-order valence-electron chi connectivity index (χ2n) is 2.04. The van der Waals surface area contributed by atoms with Gasteiger partial charge in [0.15, 0.2) is 5.78 Å². The Morgan fingerprint density at radius 3 is 2.40 bits per heavy atom. The van der Waals surface area contributed by atoms with Crippen molar-refractivity contribution < 1.29 is 4.79 Å². The van der Waals surface area contributed by atoms with E-state index in [1.54, 1.807) is 13.0 Å². The molecule has 1 aromatic rings. The van der Waals surface area contributed by atoms with E-state index in [2.05, 4.69) is 15.9 Å². The SMILES string of the molecule is [14CH3]C(=O)c1ccccc1Br. The van der Waals surface area contributed by atoms with Crippen LogP contribution in [0.25, 0.3) is 0 Å². The molecule has 0 spiro atoms. The van der Waals surface area contributed by atoms with Crippen molar-refractivity contribution in [3.63, 3.8) is 0 Å². The van der Waals surface area contributed by atoms with Gasteiger partial charge >= 0.3 is 0 Å². The summed E-state index contributed by atoms with van der Waals surface area (Å²) in [6, 6.07) is 7.39. The van der Waals surface area contributed by atoms with E-state index in [9.17, 15) is 4.79 Å². The Morgan fingerprint density at radius 1 is 1.40 bits per heavy atom. The summed E-state index contributed by atoms with van der Waals surface area (Å²) in [4.78, 5) is 10.8. The summed E-state index contributed by atoms with van der Waals surface area (Å²) >= 11 is 3.28. The van der Waals surface area contributed by atoms with Gasteiger partial charge in [0.25, 0.3) is 0 Å². The van der Waals surface area contributed by atoms with Crippen LogP contribution in [0.1, 0.15) is 17.3 Å². The highest BCUT2D eigenvalue weighted by molar-refractivity contribution is 9.10. The Bertz CT molecular complexity index is 255. The molecule has 0 bridgehead atoms. The third-order valence-corrected chi connectivity index (χ3v) is 1.94. The number of halogens is 1. The highest BCUT2D eigenvalue weighted by atomic mass is 79.9. The van der Waals surface area contributed by atoms with Crippen LogP contribution in [0, 0.1) is 0 Å². The molecule has 1 nitrogen and oxygen atoms in total. The minimum atomic E-state index is 0.0903. The van der Waals surface area contributed by atoms with E-state index < -0.39 is 0 Å². The topological polar surface area (TPSA) is 17.1 Å². The van der Waals surface area contributed by atoms with Gasteiger partial charge < -0.3 is 0 Å². The molecule has 0 heterocycles. The fourth-order valence-electron chi connectivity index (χ4n) is 0.747. The monoisotopic (exact) mass is 200 g/mol. The highest BCUT2D eigenvalue weighted by Gasteiger charge is 2.01. The van der Waals surface area contributed by atoms with Gasteiger partial charge in [0.2, 0.25) is 0 Å². The summed E-state index contributed by atoms with van der Waals surface area (Å²) in [7, 11) is 0. The zero-order chi connectivity index (χ0) is 7.56. The predicted octanol–water partition coefficient (Wildman–Crippen LogP) is 2.65. The van der Waals surface area contributed by atoms with Gasteiger partial charge in [-0.3, -0.25) is 4.79 Å². The summed E-state index contributed by atoms with van der Waals surface area (Å²) < 4.78 is 0.863. The van der Waals surface area contributed by atoms with Gasteiger partial charge in [-0.05, 0) is 13.0 Å². The normalized spacial score (nSPS) is 9.40. The standard InChI is InChI=1S/C8H7BrO/c1-6(10)7-4-2-3-5-8(7)9/h2-5H,1H3/i1+2. The fraction of sp³-hybridized carbons (Fsp3) is 0.125. The predicted molar refractivity (Wildman–Crippen MR) is 44.1 cm³/mol. The van der Waals surface area contributed by atoms with E-state index in [1.807, 2.05) is 18.2 Å². The molecule has 0 N–H and O–H groups in total. The number of carbonyl (C=O) groups excluding carboxylic acids is 1. The number of carbonyl (C=O) groups is 1. The van der Waals surface area contributed by atoms with Gasteiger partial charge in [-0.25, -0.2) is 0 Å². The van der Waals surface area contributed by atoms with Gasteiger partial charge in [0.1, 0.15) is 0 Å². The zero-order valence-electron chi connectivity index (χ0n) is 5.60. The Morgan fingerprint density at radius 2 is 2.00 bits per heavy atom. The molecule has 0 saturated carbocycles. The lowest BCUT2D eigenvalue weighted by atomic mass is 10.2. The second kappa shape index (κ2) is 2.97. The lowest BCUT2D eigenvalue weighted by Crippen LogP contribution is -1.91. The van der Waals surface area contributed by atoms with Crippen LogP contribution in [0.4, 0.5) is 0 Å². The highest BCUT2D eigenvalue weighted by Crippen LogP contribution is 2.15. The summed E-state index contributed by atoms with van der Waals surface area (Å²) in [5, 5.41) is 0. The molecule has 10 heavy (non-hydrogen) atoms. The maximum absolute atomic E-state index is 10.8. The molecule has 0 aliphatic heterocycles. The van der Waals surface area contributed by atoms with Crippen LogP contribution in [-0.2, 0) is 0 Å².